The van der Waals surface area contributed by atoms with Crippen LogP contribution in [0.4, 0.5) is 23.2 Å². The van der Waals surface area contributed by atoms with Gasteiger partial charge in [-0.1, -0.05) is 6.07 Å². The van der Waals surface area contributed by atoms with Gasteiger partial charge in [0.25, 0.3) is 5.56 Å². The molecule has 0 aliphatic carbocycles. The predicted octanol–water partition coefficient (Wildman–Crippen LogP) is 2.53. The van der Waals surface area contributed by atoms with E-state index < -0.39 is 35.6 Å². The first-order valence-corrected chi connectivity index (χ1v) is 7.94. The Hall–Kier alpha value is -3.27. The van der Waals surface area contributed by atoms with E-state index in [4.69, 9.17) is 5.11 Å². The van der Waals surface area contributed by atoms with E-state index in [-0.39, 0.29) is 23.2 Å². The second-order valence-corrected chi connectivity index (χ2v) is 5.93. The molecule has 10 heteroatoms. The van der Waals surface area contributed by atoms with Crippen molar-refractivity contribution in [3.05, 3.63) is 70.0 Å². The molecule has 3 aromatic rings. The molecule has 0 saturated carbocycles. The fraction of sp³-hybridized carbons (Fsp3) is 0.167. The van der Waals surface area contributed by atoms with Crippen LogP contribution < -0.4 is 10.9 Å². The lowest BCUT2D eigenvalue weighted by molar-refractivity contribution is -0.140. The lowest BCUT2D eigenvalue weighted by atomic mass is 10.1. The second kappa shape index (κ2) is 7.39. The van der Waals surface area contributed by atoms with E-state index in [1.165, 1.54) is 24.5 Å². The van der Waals surface area contributed by atoms with Gasteiger partial charge in [-0.15, -0.1) is 0 Å². The molecule has 3 rings (SSSR count). The summed E-state index contributed by atoms with van der Waals surface area (Å²) >= 11 is 0. The number of carbonyl (C=O) groups excluding carboxylic acids is 1. The molecule has 1 aromatic heterocycles. The highest BCUT2D eigenvalue weighted by Crippen LogP contribution is 2.32. The third-order valence-electron chi connectivity index (χ3n) is 3.94. The molecular weight excluding hydrogens is 382 g/mol. The number of alkyl halides is 3. The van der Waals surface area contributed by atoms with Gasteiger partial charge < -0.3 is 10.4 Å². The number of halogens is 4. The Kier molecular flexibility index (Phi) is 5.14. The number of nitrogens with one attached hydrogen (secondary N) is 1. The van der Waals surface area contributed by atoms with Crippen molar-refractivity contribution in [2.75, 3.05) is 11.9 Å². The summed E-state index contributed by atoms with van der Waals surface area (Å²) in [7, 11) is 0. The number of carbonyl (C=O) groups is 1. The maximum Gasteiger partial charge on any atom is 0.419 e. The lowest BCUT2D eigenvalue weighted by Gasteiger charge is -2.12. The maximum atomic E-state index is 13.4. The number of hydrogen-bond donors (Lipinski definition) is 2. The molecular formula is C18H13F4N3O3. The Morgan fingerprint density at radius 2 is 1.93 bits per heavy atom. The summed E-state index contributed by atoms with van der Waals surface area (Å²) in [6.07, 6.45) is -3.68. The third-order valence-corrected chi connectivity index (χ3v) is 3.94. The Morgan fingerprint density at radius 3 is 2.61 bits per heavy atom. The number of benzene rings is 2. The molecule has 0 radical (unpaired) electrons. The van der Waals surface area contributed by atoms with E-state index in [0.717, 1.165) is 10.6 Å². The van der Waals surface area contributed by atoms with Gasteiger partial charge in [-0.2, -0.15) is 13.2 Å². The Morgan fingerprint density at radius 1 is 1.18 bits per heavy atom. The topological polar surface area (TPSA) is 84.2 Å². The summed E-state index contributed by atoms with van der Waals surface area (Å²) in [6.45, 7) is -0.986. The number of aliphatic hydroxyl groups is 1. The summed E-state index contributed by atoms with van der Waals surface area (Å²) in [5, 5.41) is 11.3. The van der Waals surface area contributed by atoms with Gasteiger partial charge in [-0.3, -0.25) is 14.2 Å². The Balaban J connectivity index is 1.99. The molecule has 146 valence electrons. The zero-order valence-corrected chi connectivity index (χ0v) is 14.1. The minimum atomic E-state index is -4.85. The van der Waals surface area contributed by atoms with Crippen LogP contribution in [-0.2, 0) is 17.5 Å². The van der Waals surface area contributed by atoms with Crippen molar-refractivity contribution in [3.8, 4) is 0 Å². The fourth-order valence-electron chi connectivity index (χ4n) is 2.63. The number of amides is 1. The van der Waals surface area contributed by atoms with Crippen LogP contribution in [0, 0.1) is 5.82 Å². The number of aromatic nitrogens is 2. The summed E-state index contributed by atoms with van der Waals surface area (Å²) in [5.41, 5.74) is -1.33. The van der Waals surface area contributed by atoms with Crippen LogP contribution in [0.15, 0.2) is 47.5 Å². The molecule has 0 atom stereocenters. The predicted molar refractivity (Wildman–Crippen MR) is 92.2 cm³/mol. The lowest BCUT2D eigenvalue weighted by Crippen LogP contribution is -2.22. The van der Waals surface area contributed by atoms with Crippen LogP contribution in [0.25, 0.3) is 10.9 Å². The van der Waals surface area contributed by atoms with Gasteiger partial charge in [0.15, 0.2) is 0 Å². The fourth-order valence-corrected chi connectivity index (χ4v) is 2.63. The number of anilines is 1. The minimum Gasteiger partial charge on any atom is -0.387 e. The molecule has 0 saturated heterocycles. The summed E-state index contributed by atoms with van der Waals surface area (Å²) in [5.74, 6) is -2.07. The molecule has 0 fully saturated rings. The second-order valence-electron chi connectivity index (χ2n) is 5.93. The van der Waals surface area contributed by atoms with E-state index >= 15 is 0 Å². The van der Waals surface area contributed by atoms with Crippen LogP contribution >= 0.6 is 0 Å². The average Bonchev–Trinajstić information content (AvgIpc) is 2.64. The van der Waals surface area contributed by atoms with Crippen molar-refractivity contribution < 1.29 is 27.5 Å². The van der Waals surface area contributed by atoms with Gasteiger partial charge in [0.2, 0.25) is 5.91 Å². The van der Waals surface area contributed by atoms with E-state index in [0.29, 0.717) is 17.6 Å². The van der Waals surface area contributed by atoms with E-state index in [9.17, 15) is 27.2 Å². The highest BCUT2D eigenvalue weighted by atomic mass is 19.4. The zero-order chi connectivity index (χ0) is 20.5. The molecule has 28 heavy (non-hydrogen) atoms. The standard InChI is InChI=1S/C18H13F4N3O3/c19-14-3-1-10(5-13(14)18(20,21)22)7-25-9-23-15-4-2-11(24-16(27)8-26)6-12(15)17(25)28/h1-6,9,26H,7-8H2,(H,24,27). The molecule has 2 aromatic carbocycles. The van der Waals surface area contributed by atoms with Gasteiger partial charge in [0.05, 0.1) is 29.3 Å². The normalized spacial score (nSPS) is 11.6. The summed E-state index contributed by atoms with van der Waals surface area (Å²) < 4.78 is 53.1. The average molecular weight is 395 g/mol. The van der Waals surface area contributed by atoms with Crippen LogP contribution in [0.3, 0.4) is 0 Å². The molecule has 1 heterocycles. The first-order valence-electron chi connectivity index (χ1n) is 7.94. The first-order chi connectivity index (χ1) is 13.2. The molecule has 0 spiro atoms. The summed E-state index contributed by atoms with van der Waals surface area (Å²) in [4.78, 5) is 28.0. The van der Waals surface area contributed by atoms with Crippen molar-refractivity contribution in [2.24, 2.45) is 0 Å². The van der Waals surface area contributed by atoms with Gasteiger partial charge in [0.1, 0.15) is 12.4 Å². The molecule has 0 aliphatic heterocycles. The monoisotopic (exact) mass is 395 g/mol. The zero-order valence-electron chi connectivity index (χ0n) is 14.1. The van der Waals surface area contributed by atoms with Gasteiger partial charge in [-0.05, 0) is 35.9 Å². The van der Waals surface area contributed by atoms with Crippen LogP contribution in [0.5, 0.6) is 0 Å². The van der Waals surface area contributed by atoms with E-state index in [1.54, 1.807) is 0 Å². The van der Waals surface area contributed by atoms with E-state index in [2.05, 4.69) is 10.3 Å². The van der Waals surface area contributed by atoms with Gasteiger partial charge in [-0.25, -0.2) is 9.37 Å². The number of nitrogens with zero attached hydrogens (tertiary/aromatic N) is 2. The van der Waals surface area contributed by atoms with Crippen LogP contribution in [0.1, 0.15) is 11.1 Å². The van der Waals surface area contributed by atoms with Crippen molar-refractivity contribution >= 4 is 22.5 Å². The Bertz CT molecular complexity index is 1110. The first kappa shape index (κ1) is 19.5. The number of aliphatic hydroxyl groups excluding tert-OH is 1. The largest absolute Gasteiger partial charge is 0.419 e. The summed E-state index contributed by atoms with van der Waals surface area (Å²) in [6, 6.07) is 6.81. The number of rotatable bonds is 4. The van der Waals surface area contributed by atoms with Crippen molar-refractivity contribution in [1.29, 1.82) is 0 Å². The SMILES string of the molecule is O=C(CO)Nc1ccc2ncn(Cc3ccc(F)c(C(F)(F)F)c3)c(=O)c2c1. The van der Waals surface area contributed by atoms with Crippen LogP contribution in [-0.4, -0.2) is 27.2 Å². The molecule has 6 nitrogen and oxygen atoms in total. The number of hydrogen-bond acceptors (Lipinski definition) is 4. The third kappa shape index (κ3) is 4.01. The van der Waals surface area contributed by atoms with Crippen molar-refractivity contribution in [3.63, 3.8) is 0 Å². The molecule has 0 aliphatic rings. The van der Waals surface area contributed by atoms with E-state index in [1.807, 2.05) is 0 Å². The van der Waals surface area contributed by atoms with Crippen molar-refractivity contribution in [1.82, 2.24) is 9.55 Å². The Labute approximate surface area is 155 Å². The minimum absolute atomic E-state index is 0.0710. The molecule has 1 amide bonds. The van der Waals surface area contributed by atoms with Crippen molar-refractivity contribution in [2.45, 2.75) is 12.7 Å². The molecule has 0 bridgehead atoms. The van der Waals surface area contributed by atoms with Gasteiger partial charge in [0, 0.05) is 5.69 Å². The van der Waals surface area contributed by atoms with Crippen LogP contribution in [0.2, 0.25) is 0 Å². The molecule has 2 N–H and O–H groups in total. The highest BCUT2D eigenvalue weighted by molar-refractivity contribution is 5.94. The quantitative estimate of drug-likeness (QED) is 0.665. The van der Waals surface area contributed by atoms with Gasteiger partial charge >= 0.3 is 6.18 Å². The maximum absolute atomic E-state index is 13.4. The number of fused-ring (bicyclic) bond motifs is 1. The smallest absolute Gasteiger partial charge is 0.387 e. The highest BCUT2D eigenvalue weighted by Gasteiger charge is 2.34. The molecule has 0 unspecified atom stereocenters.